The summed E-state index contributed by atoms with van der Waals surface area (Å²) in [6, 6.07) is 7.80. The summed E-state index contributed by atoms with van der Waals surface area (Å²) in [7, 11) is 0. The van der Waals surface area contributed by atoms with Crippen LogP contribution in [0.3, 0.4) is 0 Å². The fraction of sp³-hybridized carbons (Fsp3) is 0.263. The Morgan fingerprint density at radius 3 is 2.59 bits per heavy atom. The van der Waals surface area contributed by atoms with E-state index in [1.165, 1.54) is 13.8 Å². The quantitative estimate of drug-likeness (QED) is 0.402. The lowest BCUT2D eigenvalue weighted by Gasteiger charge is -2.49. The van der Waals surface area contributed by atoms with Gasteiger partial charge >= 0.3 is 11.9 Å². The van der Waals surface area contributed by atoms with E-state index in [4.69, 9.17) is 9.47 Å². The average Bonchev–Trinajstić information content (AvgIpc) is 2.69. The Morgan fingerprint density at radius 2 is 1.97 bits per heavy atom. The van der Waals surface area contributed by atoms with Crippen molar-refractivity contribution in [1.29, 1.82) is 0 Å². The summed E-state index contributed by atoms with van der Waals surface area (Å²) in [5, 5.41) is 11.4. The largest absolute Gasteiger partial charge is 0.484 e. The number of nitrogens with zero attached hydrogens (tertiary/aromatic N) is 1. The first-order valence-electron chi connectivity index (χ1n) is 8.58. The van der Waals surface area contributed by atoms with Crippen LogP contribution in [0.1, 0.15) is 13.8 Å². The van der Waals surface area contributed by atoms with Crippen molar-refractivity contribution in [3.63, 3.8) is 0 Å². The van der Waals surface area contributed by atoms with Gasteiger partial charge in [-0.15, -0.1) is 0 Å². The molecule has 0 spiro atoms. The molecule has 0 saturated carbocycles. The third-order valence-corrected chi connectivity index (χ3v) is 5.60. The molecule has 1 saturated heterocycles. The van der Waals surface area contributed by atoms with Gasteiger partial charge in [-0.05, 0) is 24.6 Å². The first kappa shape index (κ1) is 20.5. The molecule has 2 aliphatic rings. The highest BCUT2D eigenvalue weighted by molar-refractivity contribution is 8.04. The summed E-state index contributed by atoms with van der Waals surface area (Å²) < 4.78 is 10.2. The molecule has 2 N–H and O–H groups in total. The minimum absolute atomic E-state index is 0.205. The van der Waals surface area contributed by atoms with Crippen molar-refractivity contribution in [2.24, 2.45) is 0 Å². The maximum absolute atomic E-state index is 12.5. The Balaban J connectivity index is 1.72. The van der Waals surface area contributed by atoms with E-state index in [2.05, 4.69) is 5.32 Å². The van der Waals surface area contributed by atoms with Gasteiger partial charge in [-0.25, -0.2) is 4.79 Å². The summed E-state index contributed by atoms with van der Waals surface area (Å²) in [4.78, 5) is 48.9. The van der Waals surface area contributed by atoms with Crippen LogP contribution in [0.25, 0.3) is 0 Å². The van der Waals surface area contributed by atoms with E-state index >= 15 is 0 Å². The van der Waals surface area contributed by atoms with Crippen molar-refractivity contribution in [2.45, 2.75) is 25.3 Å². The molecule has 0 aromatic heterocycles. The fourth-order valence-electron chi connectivity index (χ4n) is 2.87. The van der Waals surface area contributed by atoms with Crippen LogP contribution >= 0.6 is 11.8 Å². The molecule has 0 bridgehead atoms. The third kappa shape index (κ3) is 4.27. The van der Waals surface area contributed by atoms with Crippen LogP contribution in [0.2, 0.25) is 0 Å². The maximum atomic E-state index is 12.5. The van der Waals surface area contributed by atoms with Gasteiger partial charge in [0.1, 0.15) is 29.1 Å². The van der Waals surface area contributed by atoms with Gasteiger partial charge in [0.25, 0.3) is 11.8 Å². The molecule has 2 atom stereocenters. The van der Waals surface area contributed by atoms with Crippen LogP contribution in [0.5, 0.6) is 5.75 Å². The number of carbonyl (C=O) groups excluding carboxylic acids is 3. The van der Waals surface area contributed by atoms with Crippen LogP contribution in [-0.2, 0) is 23.9 Å². The third-order valence-electron chi connectivity index (χ3n) is 4.22. The lowest BCUT2D eigenvalue weighted by molar-refractivity contribution is -0.150. The molecule has 0 radical (unpaired) electrons. The zero-order valence-corrected chi connectivity index (χ0v) is 16.4. The second kappa shape index (κ2) is 8.39. The highest BCUT2D eigenvalue weighted by atomic mass is 32.2. The summed E-state index contributed by atoms with van der Waals surface area (Å²) in [5.41, 5.74) is 0.0914. The van der Waals surface area contributed by atoms with Gasteiger partial charge in [-0.1, -0.05) is 30.0 Å². The number of ether oxygens (including phenoxy) is 2. The Bertz CT molecular complexity index is 926. The predicted octanol–water partition coefficient (Wildman–Crippen LogP) is 1.23. The lowest BCUT2D eigenvalue weighted by Crippen LogP contribution is -2.70. The number of esters is 1. The van der Waals surface area contributed by atoms with E-state index < -0.39 is 35.2 Å². The number of rotatable bonds is 6. The molecule has 2 aliphatic heterocycles. The standard InChI is InChI=1S/C19H18N2O7S/c1-10-13(8-27-11(2)22)29-18-15(17(24)21(18)16(10)19(25)26)20-14(23)9-28-12-6-4-3-5-7-12/h3-8,15,18H,9H2,1-2H3,(H,20,23)(H,25,26)/b13-8+/t15?,18-/m1/s1. The molecule has 2 heterocycles. The number of fused-ring (bicyclic) bond motifs is 1. The minimum Gasteiger partial charge on any atom is -0.484 e. The van der Waals surface area contributed by atoms with E-state index in [9.17, 15) is 24.3 Å². The number of amides is 2. The van der Waals surface area contributed by atoms with Crippen LogP contribution in [0.4, 0.5) is 0 Å². The van der Waals surface area contributed by atoms with Gasteiger partial charge in [-0.3, -0.25) is 19.3 Å². The van der Waals surface area contributed by atoms with Gasteiger partial charge < -0.3 is 19.9 Å². The second-order valence-corrected chi connectivity index (χ2v) is 7.39. The highest BCUT2D eigenvalue weighted by Crippen LogP contribution is 2.46. The first-order chi connectivity index (χ1) is 13.8. The molecule has 10 heteroatoms. The molecule has 152 valence electrons. The molecule has 1 fully saturated rings. The second-order valence-electron chi connectivity index (χ2n) is 6.23. The predicted molar refractivity (Wildman–Crippen MR) is 102 cm³/mol. The Kier molecular flexibility index (Phi) is 5.92. The van der Waals surface area contributed by atoms with E-state index in [0.29, 0.717) is 16.2 Å². The number of hydrogen-bond acceptors (Lipinski definition) is 7. The lowest BCUT2D eigenvalue weighted by atomic mass is 10.0. The van der Waals surface area contributed by atoms with Crippen molar-refractivity contribution >= 4 is 35.5 Å². The SMILES string of the molecule is CC(=O)O/C=C1/S[C@@H]2C(NC(=O)COc3ccccc3)C(=O)N2C(C(=O)O)=C1C. The Morgan fingerprint density at radius 1 is 1.28 bits per heavy atom. The van der Waals surface area contributed by atoms with E-state index in [1.807, 2.05) is 6.07 Å². The van der Waals surface area contributed by atoms with E-state index in [1.54, 1.807) is 24.3 Å². The normalized spacial score (nSPS) is 21.9. The Hall–Kier alpha value is -3.27. The van der Waals surface area contributed by atoms with Crippen LogP contribution in [0, 0.1) is 0 Å². The molecule has 1 aromatic rings. The number of nitrogens with one attached hydrogen (secondary N) is 1. The molecule has 3 rings (SSSR count). The highest BCUT2D eigenvalue weighted by Gasteiger charge is 2.55. The van der Waals surface area contributed by atoms with Crippen molar-refractivity contribution in [3.05, 3.63) is 52.8 Å². The zero-order chi connectivity index (χ0) is 21.1. The number of carboxylic acids is 1. The number of thioether (sulfide) groups is 1. The van der Waals surface area contributed by atoms with Gasteiger partial charge in [0, 0.05) is 11.8 Å². The molecule has 9 nitrogen and oxygen atoms in total. The van der Waals surface area contributed by atoms with Crippen molar-refractivity contribution in [2.75, 3.05) is 6.61 Å². The summed E-state index contributed by atoms with van der Waals surface area (Å²) in [6.45, 7) is 2.45. The number of aliphatic carboxylic acids is 1. The molecule has 0 aliphatic carbocycles. The molecule has 1 aromatic carbocycles. The Labute approximate surface area is 170 Å². The smallest absolute Gasteiger partial charge is 0.352 e. The molecule has 29 heavy (non-hydrogen) atoms. The van der Waals surface area contributed by atoms with Gasteiger partial charge in [0.2, 0.25) is 0 Å². The van der Waals surface area contributed by atoms with Crippen LogP contribution in [0.15, 0.2) is 52.8 Å². The summed E-state index contributed by atoms with van der Waals surface area (Å²) >= 11 is 1.13. The van der Waals surface area contributed by atoms with Crippen molar-refractivity contribution in [3.8, 4) is 5.75 Å². The number of β-lactam (4-membered cyclic amide) rings is 1. The van der Waals surface area contributed by atoms with Crippen LogP contribution < -0.4 is 10.1 Å². The number of allylic oxidation sites excluding steroid dienone is 1. The van der Waals surface area contributed by atoms with Crippen molar-refractivity contribution < 1.29 is 33.8 Å². The van der Waals surface area contributed by atoms with E-state index in [-0.39, 0.29) is 12.3 Å². The van der Waals surface area contributed by atoms with Crippen LogP contribution in [-0.4, -0.2) is 51.8 Å². The number of carboxylic acid groups (broad SMARTS) is 1. The molecule has 1 unspecified atom stereocenters. The molecular weight excluding hydrogens is 400 g/mol. The van der Waals surface area contributed by atoms with E-state index in [0.717, 1.165) is 22.9 Å². The zero-order valence-electron chi connectivity index (χ0n) is 15.6. The summed E-state index contributed by atoms with van der Waals surface area (Å²) in [5.74, 6) is -2.38. The summed E-state index contributed by atoms with van der Waals surface area (Å²) in [6.07, 6.45) is 1.16. The van der Waals surface area contributed by atoms with Crippen molar-refractivity contribution in [1.82, 2.24) is 10.2 Å². The monoisotopic (exact) mass is 418 g/mol. The first-order valence-corrected chi connectivity index (χ1v) is 9.46. The molecule has 2 amide bonds. The topological polar surface area (TPSA) is 122 Å². The fourth-order valence-corrected chi connectivity index (χ4v) is 4.14. The van der Waals surface area contributed by atoms with Gasteiger partial charge in [-0.2, -0.15) is 0 Å². The number of hydrogen-bond donors (Lipinski definition) is 2. The van der Waals surface area contributed by atoms with Gasteiger partial charge in [0.05, 0.1) is 0 Å². The number of carbonyl (C=O) groups is 4. The number of para-hydroxylation sites is 1. The van der Waals surface area contributed by atoms with Gasteiger partial charge in [0.15, 0.2) is 6.61 Å². The maximum Gasteiger partial charge on any atom is 0.352 e. The number of benzene rings is 1. The minimum atomic E-state index is -1.29. The molecular formula is C19H18N2O7S. The average molecular weight is 418 g/mol.